The summed E-state index contributed by atoms with van der Waals surface area (Å²) in [5.41, 5.74) is -0.909. The molecular weight excluding hydrogens is 284 g/mol. The van der Waals surface area contributed by atoms with Crippen LogP contribution in [-0.2, 0) is 4.74 Å². The van der Waals surface area contributed by atoms with Crippen molar-refractivity contribution in [2.75, 3.05) is 13.1 Å². The zero-order valence-electron chi connectivity index (χ0n) is 11.6. The molecule has 1 aromatic rings. The van der Waals surface area contributed by atoms with Crippen LogP contribution in [0.4, 0.5) is 8.78 Å². The summed E-state index contributed by atoms with van der Waals surface area (Å²) in [5, 5.41) is 9.05. The minimum atomic E-state index is -1.48. The first kappa shape index (κ1) is 15.4. The molecule has 1 aliphatic rings. The van der Waals surface area contributed by atoms with Crippen LogP contribution in [0.3, 0.4) is 0 Å². The Morgan fingerprint density at radius 2 is 1.62 bits per heavy atom. The van der Waals surface area contributed by atoms with Crippen molar-refractivity contribution < 1.29 is 28.2 Å². The van der Waals surface area contributed by atoms with E-state index in [1.54, 1.807) is 13.8 Å². The second kappa shape index (κ2) is 5.77. The van der Waals surface area contributed by atoms with E-state index in [2.05, 4.69) is 0 Å². The molecule has 0 aromatic heterocycles. The first-order valence-electron chi connectivity index (χ1n) is 6.46. The zero-order chi connectivity index (χ0) is 15.7. The lowest BCUT2D eigenvalue weighted by Gasteiger charge is -2.35. The van der Waals surface area contributed by atoms with Crippen LogP contribution in [0.2, 0.25) is 0 Å². The second-order valence-corrected chi connectivity index (χ2v) is 5.08. The van der Waals surface area contributed by atoms with Gasteiger partial charge in [-0.2, -0.15) is 0 Å². The first-order chi connectivity index (χ1) is 9.79. The van der Waals surface area contributed by atoms with Gasteiger partial charge in [0.2, 0.25) is 0 Å². The Balaban J connectivity index is 2.38. The number of morpholine rings is 1. The number of ether oxygens (including phenoxy) is 1. The van der Waals surface area contributed by atoms with Crippen molar-refractivity contribution in [2.24, 2.45) is 0 Å². The van der Waals surface area contributed by atoms with Gasteiger partial charge in [-0.15, -0.1) is 0 Å². The SMILES string of the molecule is C[C@@H]1CN(C(=O)c2cc(F)c(F)cc2C(=O)O)C[C@H](C)O1. The van der Waals surface area contributed by atoms with Crippen molar-refractivity contribution >= 4 is 11.9 Å². The van der Waals surface area contributed by atoms with E-state index >= 15 is 0 Å². The maximum Gasteiger partial charge on any atom is 0.336 e. The fourth-order valence-corrected chi connectivity index (χ4v) is 2.41. The summed E-state index contributed by atoms with van der Waals surface area (Å²) < 4.78 is 32.0. The molecule has 21 heavy (non-hydrogen) atoms. The predicted octanol–water partition coefficient (Wildman–Crippen LogP) is 1.91. The molecular formula is C14H15F2NO4. The van der Waals surface area contributed by atoms with Crippen molar-refractivity contribution in [3.8, 4) is 0 Å². The van der Waals surface area contributed by atoms with Crippen LogP contribution >= 0.6 is 0 Å². The number of carbonyl (C=O) groups is 2. The van der Waals surface area contributed by atoms with Crippen molar-refractivity contribution in [1.29, 1.82) is 0 Å². The lowest BCUT2D eigenvalue weighted by atomic mass is 10.0. The summed E-state index contributed by atoms with van der Waals surface area (Å²) in [6.45, 7) is 4.08. The van der Waals surface area contributed by atoms with E-state index in [-0.39, 0.29) is 30.9 Å². The van der Waals surface area contributed by atoms with Crippen LogP contribution in [0.1, 0.15) is 34.6 Å². The minimum absolute atomic E-state index is 0.212. The lowest BCUT2D eigenvalue weighted by molar-refractivity contribution is -0.0586. The fraction of sp³-hybridized carbons (Fsp3) is 0.429. The number of carbonyl (C=O) groups excluding carboxylic acids is 1. The maximum absolute atomic E-state index is 13.3. The van der Waals surface area contributed by atoms with Crippen LogP contribution in [0.15, 0.2) is 12.1 Å². The number of aromatic carboxylic acids is 1. The Morgan fingerprint density at radius 3 is 2.10 bits per heavy atom. The molecule has 7 heteroatoms. The third-order valence-corrected chi connectivity index (χ3v) is 3.23. The summed E-state index contributed by atoms with van der Waals surface area (Å²) in [6.07, 6.45) is -0.424. The van der Waals surface area contributed by atoms with Gasteiger partial charge < -0.3 is 14.7 Å². The summed E-state index contributed by atoms with van der Waals surface area (Å²) in [4.78, 5) is 24.9. The molecule has 1 heterocycles. The highest BCUT2D eigenvalue weighted by Gasteiger charge is 2.29. The third kappa shape index (κ3) is 3.18. The number of rotatable bonds is 2. The molecule has 1 amide bonds. The van der Waals surface area contributed by atoms with Crippen LogP contribution in [-0.4, -0.2) is 47.2 Å². The van der Waals surface area contributed by atoms with E-state index in [9.17, 15) is 18.4 Å². The number of hydrogen-bond acceptors (Lipinski definition) is 3. The number of nitrogens with zero attached hydrogens (tertiary/aromatic N) is 1. The van der Waals surface area contributed by atoms with E-state index in [4.69, 9.17) is 9.84 Å². The molecule has 0 radical (unpaired) electrons. The molecule has 1 aromatic carbocycles. The Hall–Kier alpha value is -2.02. The van der Waals surface area contributed by atoms with Crippen molar-refractivity contribution in [3.63, 3.8) is 0 Å². The van der Waals surface area contributed by atoms with Crippen LogP contribution in [0.5, 0.6) is 0 Å². The van der Waals surface area contributed by atoms with Gasteiger partial charge in [0.1, 0.15) is 0 Å². The summed E-state index contributed by atoms with van der Waals surface area (Å²) >= 11 is 0. The highest BCUT2D eigenvalue weighted by Crippen LogP contribution is 2.20. The van der Waals surface area contributed by atoms with Gasteiger partial charge in [0.15, 0.2) is 11.6 Å². The van der Waals surface area contributed by atoms with E-state index < -0.39 is 29.1 Å². The van der Waals surface area contributed by atoms with Crippen molar-refractivity contribution in [3.05, 3.63) is 34.9 Å². The van der Waals surface area contributed by atoms with Crippen molar-refractivity contribution in [1.82, 2.24) is 4.90 Å². The largest absolute Gasteiger partial charge is 0.478 e. The minimum Gasteiger partial charge on any atom is -0.478 e. The summed E-state index contributed by atoms with van der Waals surface area (Å²) in [7, 11) is 0. The Labute approximate surface area is 120 Å². The predicted molar refractivity (Wildman–Crippen MR) is 69.2 cm³/mol. The van der Waals surface area contributed by atoms with E-state index in [1.807, 2.05) is 0 Å². The van der Waals surface area contributed by atoms with Crippen LogP contribution in [0, 0.1) is 11.6 Å². The van der Waals surface area contributed by atoms with Gasteiger partial charge in [-0.05, 0) is 26.0 Å². The average molecular weight is 299 g/mol. The summed E-state index contributed by atoms with van der Waals surface area (Å²) in [6, 6.07) is 1.16. The van der Waals surface area contributed by atoms with E-state index in [0.29, 0.717) is 12.1 Å². The Morgan fingerprint density at radius 1 is 1.14 bits per heavy atom. The maximum atomic E-state index is 13.3. The lowest BCUT2D eigenvalue weighted by Crippen LogP contribution is -2.48. The van der Waals surface area contributed by atoms with Crippen LogP contribution in [0.25, 0.3) is 0 Å². The van der Waals surface area contributed by atoms with Gasteiger partial charge in [0.05, 0.1) is 23.3 Å². The first-order valence-corrected chi connectivity index (χ1v) is 6.46. The van der Waals surface area contributed by atoms with E-state index in [0.717, 1.165) is 0 Å². The Bertz CT molecular complexity index is 581. The number of amides is 1. The molecule has 114 valence electrons. The van der Waals surface area contributed by atoms with Gasteiger partial charge in [-0.3, -0.25) is 4.79 Å². The second-order valence-electron chi connectivity index (χ2n) is 5.08. The Kier molecular flexibility index (Phi) is 4.22. The molecule has 0 saturated carbocycles. The number of benzene rings is 1. The highest BCUT2D eigenvalue weighted by molar-refractivity contribution is 6.04. The van der Waals surface area contributed by atoms with Crippen LogP contribution < -0.4 is 0 Å². The van der Waals surface area contributed by atoms with Gasteiger partial charge in [-0.1, -0.05) is 0 Å². The quantitative estimate of drug-likeness (QED) is 0.906. The van der Waals surface area contributed by atoms with Gasteiger partial charge in [0.25, 0.3) is 5.91 Å². The zero-order valence-corrected chi connectivity index (χ0v) is 11.6. The molecule has 1 aliphatic heterocycles. The molecule has 1 N–H and O–H groups in total. The monoisotopic (exact) mass is 299 g/mol. The molecule has 2 atom stereocenters. The molecule has 0 aliphatic carbocycles. The molecule has 5 nitrogen and oxygen atoms in total. The molecule has 0 spiro atoms. The van der Waals surface area contributed by atoms with Gasteiger partial charge in [0, 0.05) is 13.1 Å². The average Bonchev–Trinajstić information content (AvgIpc) is 2.39. The van der Waals surface area contributed by atoms with Crippen molar-refractivity contribution in [2.45, 2.75) is 26.1 Å². The number of carboxylic acid groups (broad SMARTS) is 1. The van der Waals surface area contributed by atoms with E-state index in [1.165, 1.54) is 4.90 Å². The fourth-order valence-electron chi connectivity index (χ4n) is 2.41. The smallest absolute Gasteiger partial charge is 0.336 e. The molecule has 1 saturated heterocycles. The van der Waals surface area contributed by atoms with Gasteiger partial charge >= 0.3 is 5.97 Å². The molecule has 2 rings (SSSR count). The molecule has 0 unspecified atom stereocenters. The number of hydrogen-bond donors (Lipinski definition) is 1. The molecule has 0 bridgehead atoms. The van der Waals surface area contributed by atoms with Gasteiger partial charge in [-0.25, -0.2) is 13.6 Å². The number of halogens is 2. The standard InChI is InChI=1S/C14H15F2NO4/c1-7-5-17(6-8(2)21-7)13(18)9-3-11(15)12(16)4-10(9)14(19)20/h3-4,7-8H,5-6H2,1-2H3,(H,19,20)/t7-,8+. The normalized spacial score (nSPS) is 22.2. The third-order valence-electron chi connectivity index (χ3n) is 3.23. The molecule has 1 fully saturated rings. The number of carboxylic acids is 1. The summed E-state index contributed by atoms with van der Waals surface area (Å²) in [5.74, 6) is -4.68. The topological polar surface area (TPSA) is 66.8 Å². The highest BCUT2D eigenvalue weighted by atomic mass is 19.2.